The van der Waals surface area contributed by atoms with Gasteiger partial charge in [-0.2, -0.15) is 0 Å². The number of sulfone groups is 1. The van der Waals surface area contributed by atoms with Crippen molar-refractivity contribution < 1.29 is 22.7 Å². The first-order valence-electron chi connectivity index (χ1n) is 9.73. The van der Waals surface area contributed by atoms with Crippen molar-refractivity contribution in [3.05, 3.63) is 29.8 Å². The van der Waals surface area contributed by atoms with Gasteiger partial charge in [0.25, 0.3) is 0 Å². The van der Waals surface area contributed by atoms with E-state index < -0.39 is 15.4 Å². The molecule has 1 amide bonds. The van der Waals surface area contributed by atoms with Gasteiger partial charge >= 0.3 is 6.09 Å². The lowest BCUT2D eigenvalue weighted by Gasteiger charge is -2.33. The van der Waals surface area contributed by atoms with Gasteiger partial charge in [0, 0.05) is 32.2 Å². The van der Waals surface area contributed by atoms with E-state index in [-0.39, 0.29) is 11.9 Å². The first kappa shape index (κ1) is 22.4. The highest BCUT2D eigenvalue weighted by atomic mass is 32.2. The summed E-state index contributed by atoms with van der Waals surface area (Å²) in [5.41, 5.74) is 0.462. The standard InChI is InChI=1S/C21H31NO5S/c1-21(2,3)27-20(24)22-13-11-17(12-14-22)15-18(23)8-5-16-6-9-19(10-7-16)28(4,25)26/h6-7,9-10,17H,5,8,11-15H2,1-4H3. The number of likely N-dealkylation sites (tertiary alicyclic amines) is 1. The third kappa shape index (κ3) is 7.26. The molecular formula is C21H31NO5S. The number of aryl methyl sites for hydroxylation is 1. The van der Waals surface area contributed by atoms with E-state index in [0.29, 0.717) is 43.2 Å². The average molecular weight is 410 g/mol. The molecule has 7 heteroatoms. The minimum absolute atomic E-state index is 0.211. The van der Waals surface area contributed by atoms with Crippen molar-refractivity contribution in [2.24, 2.45) is 5.92 Å². The Kier molecular flexibility index (Phi) is 7.26. The van der Waals surface area contributed by atoms with E-state index in [1.807, 2.05) is 20.8 Å². The second-order valence-corrected chi connectivity index (χ2v) is 10.6. The van der Waals surface area contributed by atoms with Gasteiger partial charge in [-0.15, -0.1) is 0 Å². The summed E-state index contributed by atoms with van der Waals surface area (Å²) in [7, 11) is -3.19. The summed E-state index contributed by atoms with van der Waals surface area (Å²) in [6.45, 7) is 6.81. The quantitative estimate of drug-likeness (QED) is 0.717. The van der Waals surface area contributed by atoms with Crippen molar-refractivity contribution in [3.63, 3.8) is 0 Å². The van der Waals surface area contributed by atoms with Gasteiger partial charge in [-0.3, -0.25) is 4.79 Å². The second-order valence-electron chi connectivity index (χ2n) is 8.57. The van der Waals surface area contributed by atoms with Gasteiger partial charge in [-0.25, -0.2) is 13.2 Å². The summed E-state index contributed by atoms with van der Waals surface area (Å²) >= 11 is 0. The number of nitrogens with zero attached hydrogens (tertiary/aromatic N) is 1. The number of rotatable bonds is 6. The molecule has 0 atom stereocenters. The van der Waals surface area contributed by atoms with E-state index in [1.165, 1.54) is 6.26 Å². The minimum atomic E-state index is -3.19. The zero-order valence-corrected chi connectivity index (χ0v) is 18.0. The molecule has 1 aliphatic rings. The number of piperidine rings is 1. The fourth-order valence-corrected chi connectivity index (χ4v) is 3.89. The predicted octanol–water partition coefficient (Wildman–Crippen LogP) is 3.63. The fraction of sp³-hybridized carbons (Fsp3) is 0.619. The minimum Gasteiger partial charge on any atom is -0.444 e. The number of benzene rings is 1. The number of hydrogen-bond donors (Lipinski definition) is 0. The molecule has 1 heterocycles. The summed E-state index contributed by atoms with van der Waals surface area (Å²) in [6.07, 6.45) is 4.12. The number of ether oxygens (including phenoxy) is 1. The number of hydrogen-bond acceptors (Lipinski definition) is 5. The molecule has 2 rings (SSSR count). The van der Waals surface area contributed by atoms with Gasteiger partial charge in [0.2, 0.25) is 0 Å². The zero-order valence-electron chi connectivity index (χ0n) is 17.2. The molecule has 1 saturated heterocycles. The molecule has 0 unspecified atom stereocenters. The van der Waals surface area contributed by atoms with E-state index in [4.69, 9.17) is 4.74 Å². The molecule has 6 nitrogen and oxygen atoms in total. The topological polar surface area (TPSA) is 80.8 Å². The van der Waals surface area contributed by atoms with E-state index in [9.17, 15) is 18.0 Å². The second kappa shape index (κ2) is 9.07. The zero-order chi connectivity index (χ0) is 20.9. The third-order valence-electron chi connectivity index (χ3n) is 4.83. The molecule has 0 aliphatic carbocycles. The largest absolute Gasteiger partial charge is 0.444 e. The maximum absolute atomic E-state index is 12.3. The molecule has 28 heavy (non-hydrogen) atoms. The van der Waals surface area contributed by atoms with Gasteiger partial charge in [0.15, 0.2) is 9.84 Å². The lowest BCUT2D eigenvalue weighted by Crippen LogP contribution is -2.42. The van der Waals surface area contributed by atoms with E-state index >= 15 is 0 Å². The summed E-state index contributed by atoms with van der Waals surface area (Å²) in [5, 5.41) is 0. The molecule has 156 valence electrons. The Morgan fingerprint density at radius 3 is 2.18 bits per heavy atom. The van der Waals surface area contributed by atoms with Crippen molar-refractivity contribution in [2.45, 2.75) is 63.4 Å². The highest BCUT2D eigenvalue weighted by Crippen LogP contribution is 2.23. The van der Waals surface area contributed by atoms with Gasteiger partial charge in [-0.05, 0) is 63.6 Å². The smallest absolute Gasteiger partial charge is 0.410 e. The molecule has 1 aromatic carbocycles. The first-order chi connectivity index (χ1) is 12.9. The highest BCUT2D eigenvalue weighted by molar-refractivity contribution is 7.90. The van der Waals surface area contributed by atoms with Crippen molar-refractivity contribution in [2.75, 3.05) is 19.3 Å². The van der Waals surface area contributed by atoms with Crippen LogP contribution in [0.1, 0.15) is 52.0 Å². The van der Waals surface area contributed by atoms with Crippen LogP contribution >= 0.6 is 0 Å². The van der Waals surface area contributed by atoms with Crippen molar-refractivity contribution >= 4 is 21.7 Å². The Morgan fingerprint density at radius 1 is 1.11 bits per heavy atom. The molecule has 0 saturated carbocycles. The normalized spacial score (nSPS) is 16.1. The van der Waals surface area contributed by atoms with Crippen LogP contribution in [0.4, 0.5) is 4.79 Å². The molecule has 1 aliphatic heterocycles. The predicted molar refractivity (Wildman–Crippen MR) is 108 cm³/mol. The molecular weight excluding hydrogens is 378 g/mol. The van der Waals surface area contributed by atoms with Crippen molar-refractivity contribution in [1.82, 2.24) is 4.90 Å². The summed E-state index contributed by atoms with van der Waals surface area (Å²) in [4.78, 5) is 26.4. The Balaban J connectivity index is 1.74. The van der Waals surface area contributed by atoms with Crippen LogP contribution in [0.25, 0.3) is 0 Å². The monoisotopic (exact) mass is 409 g/mol. The highest BCUT2D eigenvalue weighted by Gasteiger charge is 2.27. The molecule has 0 radical (unpaired) electrons. The maximum atomic E-state index is 12.3. The number of carbonyl (C=O) groups excluding carboxylic acids is 2. The van der Waals surface area contributed by atoms with E-state index in [0.717, 1.165) is 18.4 Å². The van der Waals surface area contributed by atoms with Crippen LogP contribution in [0, 0.1) is 5.92 Å². The number of carbonyl (C=O) groups is 2. The SMILES string of the molecule is CC(C)(C)OC(=O)N1CCC(CC(=O)CCc2ccc(S(C)(=O)=O)cc2)CC1. The van der Waals surface area contributed by atoms with Gasteiger partial charge < -0.3 is 9.64 Å². The van der Waals surface area contributed by atoms with Crippen LogP contribution in [0.3, 0.4) is 0 Å². The van der Waals surface area contributed by atoms with Crippen LogP contribution < -0.4 is 0 Å². The summed E-state index contributed by atoms with van der Waals surface area (Å²) in [5.74, 6) is 0.515. The molecule has 1 fully saturated rings. The molecule has 1 aromatic rings. The average Bonchev–Trinajstić information content (AvgIpc) is 2.59. The van der Waals surface area contributed by atoms with Gasteiger partial charge in [-0.1, -0.05) is 12.1 Å². The lowest BCUT2D eigenvalue weighted by atomic mass is 9.90. The Bertz CT molecular complexity index is 785. The maximum Gasteiger partial charge on any atom is 0.410 e. The Morgan fingerprint density at radius 2 is 1.68 bits per heavy atom. The number of ketones is 1. The van der Waals surface area contributed by atoms with E-state index in [2.05, 4.69) is 0 Å². The van der Waals surface area contributed by atoms with Gasteiger partial charge in [0.05, 0.1) is 4.90 Å². The summed E-state index contributed by atoms with van der Waals surface area (Å²) < 4.78 is 28.3. The Labute approximate surface area is 168 Å². The van der Waals surface area contributed by atoms with Crippen molar-refractivity contribution in [3.8, 4) is 0 Å². The fourth-order valence-electron chi connectivity index (χ4n) is 3.26. The molecule has 0 bridgehead atoms. The molecule has 0 aromatic heterocycles. The number of Topliss-reactive ketones (excluding diaryl/α,β-unsaturated/α-hetero) is 1. The summed E-state index contributed by atoms with van der Waals surface area (Å²) in [6, 6.07) is 6.70. The van der Waals surface area contributed by atoms with Crippen LogP contribution in [-0.4, -0.2) is 50.1 Å². The Hall–Kier alpha value is -1.89. The molecule has 0 N–H and O–H groups in total. The molecule has 0 spiro atoms. The van der Waals surface area contributed by atoms with E-state index in [1.54, 1.807) is 29.2 Å². The van der Waals surface area contributed by atoms with Crippen LogP contribution in [0.15, 0.2) is 29.2 Å². The third-order valence-corrected chi connectivity index (χ3v) is 5.96. The van der Waals surface area contributed by atoms with Crippen LogP contribution in [-0.2, 0) is 25.8 Å². The van der Waals surface area contributed by atoms with Gasteiger partial charge in [0.1, 0.15) is 11.4 Å². The number of amides is 1. The first-order valence-corrected chi connectivity index (χ1v) is 11.6. The van der Waals surface area contributed by atoms with Crippen LogP contribution in [0.5, 0.6) is 0 Å². The lowest BCUT2D eigenvalue weighted by molar-refractivity contribution is -0.120. The van der Waals surface area contributed by atoms with Crippen LogP contribution in [0.2, 0.25) is 0 Å². The van der Waals surface area contributed by atoms with Crippen molar-refractivity contribution in [1.29, 1.82) is 0 Å².